The van der Waals surface area contributed by atoms with E-state index in [1.807, 2.05) is 0 Å². The molecule has 0 heterocycles. The minimum absolute atomic E-state index is 0.0126. The van der Waals surface area contributed by atoms with Crippen molar-refractivity contribution in [2.24, 2.45) is 5.10 Å². The molecular weight excluding hydrogens is 136 g/mol. The molecule has 62 valence electrons. The van der Waals surface area contributed by atoms with E-state index in [4.69, 9.17) is 0 Å². The van der Waals surface area contributed by atoms with Crippen LogP contribution in [0.4, 0.5) is 0 Å². The molecule has 2 nitrogen and oxygen atoms in total. The topological polar surface area (TPSA) is 15.6 Å². The minimum Gasteiger partial charge on any atom is -0.268 e. The van der Waals surface area contributed by atoms with Gasteiger partial charge >= 0.3 is 0 Å². The predicted octanol–water partition coefficient (Wildman–Crippen LogP) is 2.40. The fraction of sp³-hybridized carbons (Fsp3) is 0.444. The van der Waals surface area contributed by atoms with Crippen molar-refractivity contribution in [1.29, 1.82) is 0 Å². The van der Waals surface area contributed by atoms with Gasteiger partial charge in [-0.15, -0.1) is 0 Å². The third kappa shape index (κ3) is 3.61. The van der Waals surface area contributed by atoms with E-state index >= 15 is 0 Å². The molecule has 0 aliphatic carbocycles. The van der Waals surface area contributed by atoms with Crippen molar-refractivity contribution in [3.63, 3.8) is 0 Å². The SMILES string of the molecule is C=C/C=N\N(C=C)C(C)(C)C. The molecule has 0 aliphatic rings. The van der Waals surface area contributed by atoms with Crippen LogP contribution in [-0.4, -0.2) is 16.8 Å². The van der Waals surface area contributed by atoms with Crippen molar-refractivity contribution in [1.82, 2.24) is 5.01 Å². The highest BCUT2D eigenvalue weighted by molar-refractivity contribution is 5.69. The lowest BCUT2D eigenvalue weighted by molar-refractivity contribution is 0.216. The Bertz CT molecular complexity index is 163. The first-order valence-corrected chi connectivity index (χ1v) is 3.59. The number of rotatable bonds is 3. The maximum atomic E-state index is 4.10. The molecule has 0 rings (SSSR count). The fourth-order valence-corrected chi connectivity index (χ4v) is 0.613. The van der Waals surface area contributed by atoms with E-state index in [2.05, 4.69) is 39.0 Å². The molecule has 0 aromatic rings. The van der Waals surface area contributed by atoms with Crippen LogP contribution in [0.2, 0.25) is 0 Å². The van der Waals surface area contributed by atoms with Gasteiger partial charge in [0.2, 0.25) is 0 Å². The van der Waals surface area contributed by atoms with E-state index in [0.29, 0.717) is 0 Å². The fourth-order valence-electron chi connectivity index (χ4n) is 0.613. The third-order valence-electron chi connectivity index (χ3n) is 1.16. The van der Waals surface area contributed by atoms with E-state index in [9.17, 15) is 0 Å². The lowest BCUT2D eigenvalue weighted by atomic mass is 10.1. The normalized spacial score (nSPS) is 11.5. The first-order chi connectivity index (χ1) is 5.02. The van der Waals surface area contributed by atoms with Crippen molar-refractivity contribution >= 4 is 6.21 Å². The lowest BCUT2D eigenvalue weighted by Crippen LogP contribution is -2.32. The Morgan fingerprint density at radius 2 is 1.82 bits per heavy atom. The zero-order chi connectivity index (χ0) is 8.91. The molecule has 0 spiro atoms. The Morgan fingerprint density at radius 1 is 1.27 bits per heavy atom. The van der Waals surface area contributed by atoms with Gasteiger partial charge in [0.05, 0.1) is 5.54 Å². The van der Waals surface area contributed by atoms with Crippen LogP contribution in [0.1, 0.15) is 20.8 Å². The molecule has 0 atom stereocenters. The van der Waals surface area contributed by atoms with Crippen LogP contribution >= 0.6 is 0 Å². The molecule has 11 heavy (non-hydrogen) atoms. The van der Waals surface area contributed by atoms with Gasteiger partial charge in [-0.05, 0) is 26.8 Å². The van der Waals surface area contributed by atoms with Crippen LogP contribution in [0.25, 0.3) is 0 Å². The summed E-state index contributed by atoms with van der Waals surface area (Å²) in [6, 6.07) is 0. The Hall–Kier alpha value is -1.05. The van der Waals surface area contributed by atoms with Crippen LogP contribution in [0.5, 0.6) is 0 Å². The van der Waals surface area contributed by atoms with Crippen LogP contribution < -0.4 is 0 Å². The molecule has 2 heteroatoms. The molecule has 0 saturated carbocycles. The summed E-state index contributed by atoms with van der Waals surface area (Å²) in [7, 11) is 0. The molecule has 0 N–H and O–H groups in total. The van der Waals surface area contributed by atoms with Crippen LogP contribution in [0, 0.1) is 0 Å². The Balaban J connectivity index is 4.29. The summed E-state index contributed by atoms with van der Waals surface area (Å²) in [5.41, 5.74) is -0.0126. The second kappa shape index (κ2) is 3.96. The van der Waals surface area contributed by atoms with Crippen molar-refractivity contribution in [2.75, 3.05) is 0 Å². The average molecular weight is 152 g/mol. The summed E-state index contributed by atoms with van der Waals surface area (Å²) >= 11 is 0. The molecule has 0 aliphatic heterocycles. The second-order valence-corrected chi connectivity index (χ2v) is 3.20. The Morgan fingerprint density at radius 3 is 2.09 bits per heavy atom. The second-order valence-electron chi connectivity index (χ2n) is 3.20. The smallest absolute Gasteiger partial charge is 0.0543 e. The van der Waals surface area contributed by atoms with Gasteiger partial charge < -0.3 is 0 Å². The van der Waals surface area contributed by atoms with Crippen LogP contribution in [0.15, 0.2) is 30.5 Å². The van der Waals surface area contributed by atoms with Gasteiger partial charge in [0.25, 0.3) is 0 Å². The molecule has 0 saturated heterocycles. The minimum atomic E-state index is -0.0126. The van der Waals surface area contributed by atoms with Gasteiger partial charge in [-0.25, -0.2) is 0 Å². The van der Waals surface area contributed by atoms with Crippen LogP contribution in [-0.2, 0) is 0 Å². The lowest BCUT2D eigenvalue weighted by Gasteiger charge is -2.29. The molecule has 0 amide bonds. The average Bonchev–Trinajstić information content (AvgIpc) is 1.87. The van der Waals surface area contributed by atoms with Gasteiger partial charge in [-0.3, -0.25) is 5.01 Å². The molecule has 0 bridgehead atoms. The van der Waals surface area contributed by atoms with E-state index in [1.165, 1.54) is 0 Å². The molecule has 0 aromatic carbocycles. The van der Waals surface area contributed by atoms with Gasteiger partial charge in [-0.2, -0.15) is 5.10 Å². The van der Waals surface area contributed by atoms with E-state index in [0.717, 1.165) is 0 Å². The number of hydrazone groups is 1. The number of hydrogen-bond donors (Lipinski definition) is 0. The molecule has 0 unspecified atom stereocenters. The first kappa shape index (κ1) is 9.95. The van der Waals surface area contributed by atoms with E-state index in [1.54, 1.807) is 23.5 Å². The zero-order valence-corrected chi connectivity index (χ0v) is 7.54. The molecular formula is C9H16N2. The third-order valence-corrected chi connectivity index (χ3v) is 1.16. The molecule has 0 aromatic heterocycles. The Kier molecular flexibility index (Phi) is 3.58. The zero-order valence-electron chi connectivity index (χ0n) is 7.54. The highest BCUT2D eigenvalue weighted by Gasteiger charge is 2.15. The summed E-state index contributed by atoms with van der Waals surface area (Å²) in [6.07, 6.45) is 4.98. The van der Waals surface area contributed by atoms with Crippen molar-refractivity contribution in [3.05, 3.63) is 25.4 Å². The van der Waals surface area contributed by atoms with Gasteiger partial charge in [-0.1, -0.05) is 13.2 Å². The Labute approximate surface area is 68.9 Å². The van der Waals surface area contributed by atoms with E-state index < -0.39 is 0 Å². The standard InChI is InChI=1S/C9H16N2/c1-6-8-10-11(7-2)9(3,4)5/h6-8H,1-2H2,3-5H3/b10-8-. The maximum absolute atomic E-state index is 4.10. The molecule has 0 fully saturated rings. The quantitative estimate of drug-likeness (QED) is 0.448. The van der Waals surface area contributed by atoms with Crippen LogP contribution in [0.3, 0.4) is 0 Å². The van der Waals surface area contributed by atoms with Gasteiger partial charge in [0.15, 0.2) is 0 Å². The van der Waals surface area contributed by atoms with Gasteiger partial charge in [0.1, 0.15) is 0 Å². The van der Waals surface area contributed by atoms with Crippen molar-refractivity contribution in [3.8, 4) is 0 Å². The summed E-state index contributed by atoms with van der Waals surface area (Å²) in [6.45, 7) is 13.4. The summed E-state index contributed by atoms with van der Waals surface area (Å²) in [5, 5.41) is 5.89. The number of nitrogens with zero attached hydrogens (tertiary/aromatic N) is 2. The van der Waals surface area contributed by atoms with Crippen molar-refractivity contribution < 1.29 is 0 Å². The largest absolute Gasteiger partial charge is 0.268 e. The first-order valence-electron chi connectivity index (χ1n) is 3.59. The maximum Gasteiger partial charge on any atom is 0.0543 e. The van der Waals surface area contributed by atoms with E-state index in [-0.39, 0.29) is 5.54 Å². The predicted molar refractivity (Wildman–Crippen MR) is 50.5 cm³/mol. The monoisotopic (exact) mass is 152 g/mol. The number of allylic oxidation sites excluding steroid dienone is 1. The highest BCUT2D eigenvalue weighted by Crippen LogP contribution is 2.12. The van der Waals surface area contributed by atoms with Crippen molar-refractivity contribution in [2.45, 2.75) is 26.3 Å². The van der Waals surface area contributed by atoms with Gasteiger partial charge in [0, 0.05) is 12.4 Å². The highest BCUT2D eigenvalue weighted by atomic mass is 15.5. The summed E-state index contributed by atoms with van der Waals surface area (Å²) < 4.78 is 0. The molecule has 0 radical (unpaired) electrons. The number of hydrogen-bond acceptors (Lipinski definition) is 2. The summed E-state index contributed by atoms with van der Waals surface area (Å²) in [5.74, 6) is 0. The summed E-state index contributed by atoms with van der Waals surface area (Å²) in [4.78, 5) is 0.